The van der Waals surface area contributed by atoms with Crippen molar-refractivity contribution >= 4 is 5.71 Å². The zero-order valence-electron chi connectivity index (χ0n) is 12.9. The molecule has 3 aliphatic rings. The number of fused-ring (bicyclic) bond motifs is 4. The molecular weight excluding hydrogens is 291 g/mol. The maximum atomic E-state index is 13.1. The molecule has 0 amide bonds. The lowest BCUT2D eigenvalue weighted by atomic mass is 9.92. The zero-order chi connectivity index (χ0) is 15.7. The predicted molar refractivity (Wildman–Crippen MR) is 81.0 cm³/mol. The van der Waals surface area contributed by atoms with Crippen molar-refractivity contribution in [2.75, 3.05) is 13.1 Å². The van der Waals surface area contributed by atoms with Gasteiger partial charge in [-0.15, -0.1) is 0 Å². The van der Waals surface area contributed by atoms with E-state index in [9.17, 15) is 13.2 Å². The first kappa shape index (κ1) is 16.0. The van der Waals surface area contributed by atoms with Crippen LogP contribution in [0.5, 0.6) is 0 Å². The number of rotatable bonds is 4. The number of aliphatic imine (C=N–C) groups is 1. The Morgan fingerprint density at radius 2 is 2.27 bits per heavy atom. The topological polar surface area (TPSA) is 27.6 Å². The number of nitrogens with zero attached hydrogens (tertiary/aromatic N) is 2. The van der Waals surface area contributed by atoms with Crippen molar-refractivity contribution in [1.82, 2.24) is 10.2 Å². The second-order valence-corrected chi connectivity index (χ2v) is 6.65. The smallest absolute Gasteiger partial charge is 0.292 e. The van der Waals surface area contributed by atoms with E-state index in [-0.39, 0.29) is 25.0 Å². The van der Waals surface area contributed by atoms with Crippen LogP contribution < -0.4 is 5.32 Å². The maximum absolute atomic E-state index is 13.1. The fourth-order valence-electron chi connectivity index (χ4n) is 3.83. The minimum atomic E-state index is -4.14. The van der Waals surface area contributed by atoms with Crippen molar-refractivity contribution in [3.63, 3.8) is 0 Å². The molecule has 3 rings (SSSR count). The largest absolute Gasteiger partial charge is 0.392 e. The third-order valence-electron chi connectivity index (χ3n) is 4.95. The fourth-order valence-corrected chi connectivity index (χ4v) is 3.83. The van der Waals surface area contributed by atoms with Crippen LogP contribution in [0.15, 0.2) is 17.1 Å². The molecule has 3 unspecified atom stereocenters. The van der Waals surface area contributed by atoms with Crippen molar-refractivity contribution in [2.24, 2.45) is 10.9 Å². The van der Waals surface area contributed by atoms with Crippen molar-refractivity contribution in [2.45, 2.75) is 63.5 Å². The average molecular weight is 315 g/mol. The SMILES string of the molecule is CCC[C@H](CC1=NC2N[C@H]3CCCN(C3)C2C=C1)C(F)(F)F. The van der Waals surface area contributed by atoms with E-state index in [1.807, 2.05) is 12.2 Å². The van der Waals surface area contributed by atoms with E-state index in [0.29, 0.717) is 18.2 Å². The van der Waals surface area contributed by atoms with Gasteiger partial charge in [0, 0.05) is 24.7 Å². The van der Waals surface area contributed by atoms with Gasteiger partial charge in [-0.2, -0.15) is 13.2 Å². The Hall–Kier alpha value is -0.880. The Morgan fingerprint density at radius 1 is 1.45 bits per heavy atom. The standard InChI is InChI=1S/C16H24F3N3/c1-2-4-11(16(17,18)19)9-12-6-7-14-15(20-12)21-13-5-3-8-22(14)10-13/h6-7,11,13-15,21H,2-5,8-10H2,1H3/t11-,13+,14?,15?/m1/s1. The number of nitrogens with one attached hydrogen (secondary N) is 1. The third kappa shape index (κ3) is 3.38. The molecule has 1 N–H and O–H groups in total. The molecule has 0 aromatic carbocycles. The van der Waals surface area contributed by atoms with E-state index in [4.69, 9.17) is 0 Å². The van der Waals surface area contributed by atoms with Crippen LogP contribution in [0, 0.1) is 5.92 Å². The van der Waals surface area contributed by atoms with Crippen LogP contribution in [-0.4, -0.2) is 48.1 Å². The monoisotopic (exact) mass is 315 g/mol. The number of halogens is 3. The van der Waals surface area contributed by atoms with Gasteiger partial charge in [0.25, 0.3) is 0 Å². The van der Waals surface area contributed by atoms with Gasteiger partial charge in [-0.1, -0.05) is 19.4 Å². The van der Waals surface area contributed by atoms with Gasteiger partial charge in [-0.25, -0.2) is 0 Å². The molecule has 0 aliphatic carbocycles. The number of piperidine rings is 1. The first-order chi connectivity index (χ1) is 10.5. The van der Waals surface area contributed by atoms with Crippen molar-refractivity contribution in [3.05, 3.63) is 12.2 Å². The summed E-state index contributed by atoms with van der Waals surface area (Å²) in [6.07, 6.45) is 2.68. The van der Waals surface area contributed by atoms with Gasteiger partial charge in [0.1, 0.15) is 6.17 Å². The molecule has 0 aromatic heterocycles. The summed E-state index contributed by atoms with van der Waals surface area (Å²) in [5.74, 6) is -1.28. The molecule has 5 atom stereocenters. The molecule has 124 valence electrons. The van der Waals surface area contributed by atoms with Crippen LogP contribution in [0.25, 0.3) is 0 Å². The first-order valence-electron chi connectivity index (χ1n) is 8.29. The predicted octanol–water partition coefficient (Wildman–Crippen LogP) is 3.13. The lowest BCUT2D eigenvalue weighted by molar-refractivity contribution is -0.174. The first-order valence-corrected chi connectivity index (χ1v) is 8.29. The second kappa shape index (κ2) is 6.32. The molecule has 3 nitrogen and oxygen atoms in total. The molecule has 0 radical (unpaired) electrons. The molecule has 0 saturated carbocycles. The number of dihydropyridines is 1. The van der Waals surface area contributed by atoms with Crippen LogP contribution in [0.2, 0.25) is 0 Å². The van der Waals surface area contributed by atoms with Gasteiger partial charge >= 0.3 is 6.18 Å². The Labute approximate surface area is 129 Å². The molecule has 22 heavy (non-hydrogen) atoms. The summed E-state index contributed by atoms with van der Waals surface area (Å²) in [4.78, 5) is 7.00. The number of hydrogen-bond acceptors (Lipinski definition) is 3. The van der Waals surface area contributed by atoms with Crippen molar-refractivity contribution in [3.8, 4) is 0 Å². The van der Waals surface area contributed by atoms with Crippen molar-refractivity contribution < 1.29 is 13.2 Å². The third-order valence-corrected chi connectivity index (χ3v) is 4.95. The normalized spacial score (nSPS) is 35.7. The maximum Gasteiger partial charge on any atom is 0.392 e. The van der Waals surface area contributed by atoms with Crippen LogP contribution >= 0.6 is 0 Å². The van der Waals surface area contributed by atoms with E-state index >= 15 is 0 Å². The van der Waals surface area contributed by atoms with Crippen LogP contribution in [0.3, 0.4) is 0 Å². The highest BCUT2D eigenvalue weighted by Crippen LogP contribution is 2.34. The molecule has 2 saturated heterocycles. The van der Waals surface area contributed by atoms with Crippen molar-refractivity contribution in [1.29, 1.82) is 0 Å². The van der Waals surface area contributed by atoms with E-state index in [1.165, 1.54) is 6.42 Å². The molecule has 2 fully saturated rings. The molecule has 2 bridgehead atoms. The summed E-state index contributed by atoms with van der Waals surface area (Å²) in [5, 5.41) is 3.50. The Balaban J connectivity index is 1.70. The number of alkyl halides is 3. The summed E-state index contributed by atoms with van der Waals surface area (Å²) >= 11 is 0. The van der Waals surface area contributed by atoms with E-state index in [0.717, 1.165) is 19.5 Å². The van der Waals surface area contributed by atoms with Crippen LogP contribution in [-0.2, 0) is 0 Å². The molecule has 0 spiro atoms. The van der Waals surface area contributed by atoms with Gasteiger partial charge in [0.15, 0.2) is 0 Å². The number of allylic oxidation sites excluding steroid dienone is 1. The molecule has 6 heteroatoms. The molecule has 3 aliphatic heterocycles. The molecular formula is C16H24F3N3. The van der Waals surface area contributed by atoms with Gasteiger partial charge in [-0.05, 0) is 31.9 Å². The highest BCUT2D eigenvalue weighted by molar-refractivity contribution is 5.96. The minimum Gasteiger partial charge on any atom is -0.292 e. The average Bonchev–Trinajstić information content (AvgIpc) is 2.46. The number of hydrogen-bond donors (Lipinski definition) is 1. The van der Waals surface area contributed by atoms with Gasteiger partial charge in [0.05, 0.1) is 12.0 Å². The summed E-state index contributed by atoms with van der Waals surface area (Å²) in [7, 11) is 0. The fraction of sp³-hybridized carbons (Fsp3) is 0.812. The molecule has 3 heterocycles. The summed E-state index contributed by atoms with van der Waals surface area (Å²) < 4.78 is 39.2. The minimum absolute atomic E-state index is 0.00338. The summed E-state index contributed by atoms with van der Waals surface area (Å²) in [6.45, 7) is 3.89. The Morgan fingerprint density at radius 3 is 3.00 bits per heavy atom. The summed E-state index contributed by atoms with van der Waals surface area (Å²) in [5.41, 5.74) is 0.589. The van der Waals surface area contributed by atoms with Crippen LogP contribution in [0.4, 0.5) is 13.2 Å². The highest BCUT2D eigenvalue weighted by atomic mass is 19.4. The number of piperazine rings is 1. The quantitative estimate of drug-likeness (QED) is 0.863. The highest BCUT2D eigenvalue weighted by Gasteiger charge is 2.41. The van der Waals surface area contributed by atoms with Gasteiger partial charge in [-0.3, -0.25) is 15.2 Å². The lowest BCUT2D eigenvalue weighted by Crippen LogP contribution is -2.64. The van der Waals surface area contributed by atoms with Gasteiger partial charge in [0.2, 0.25) is 0 Å². The van der Waals surface area contributed by atoms with E-state index < -0.39 is 12.1 Å². The lowest BCUT2D eigenvalue weighted by Gasteiger charge is -2.47. The molecule has 0 aromatic rings. The second-order valence-electron chi connectivity index (χ2n) is 6.65. The zero-order valence-corrected chi connectivity index (χ0v) is 12.9. The van der Waals surface area contributed by atoms with Crippen LogP contribution in [0.1, 0.15) is 39.0 Å². The van der Waals surface area contributed by atoms with Gasteiger partial charge < -0.3 is 0 Å². The van der Waals surface area contributed by atoms with E-state index in [1.54, 1.807) is 6.92 Å². The summed E-state index contributed by atoms with van der Waals surface area (Å²) in [6, 6.07) is 0.636. The van der Waals surface area contributed by atoms with E-state index in [2.05, 4.69) is 15.2 Å². The Kier molecular flexibility index (Phi) is 4.59. The Bertz CT molecular complexity index is 458.